The average Bonchev–Trinajstić information content (AvgIpc) is 3.95. The number of fused-ring (bicyclic) bond motifs is 3. The summed E-state index contributed by atoms with van der Waals surface area (Å²) in [5.74, 6) is -6.99. The van der Waals surface area contributed by atoms with Crippen molar-refractivity contribution in [3.8, 4) is 0 Å². The first-order chi connectivity index (χ1) is 28.4. The fourth-order valence-corrected chi connectivity index (χ4v) is 8.15. The average molecular weight is 838 g/mol. The first-order valence-electron chi connectivity index (χ1n) is 19.7. The molecule has 6 rings (SSSR count). The first kappa shape index (κ1) is 43.4. The van der Waals surface area contributed by atoms with Gasteiger partial charge in [-0.05, 0) is 81.8 Å². The molecule has 9 atom stereocenters. The number of aromatic nitrogens is 2. The van der Waals surface area contributed by atoms with Crippen LogP contribution in [0.1, 0.15) is 52.5 Å². The highest BCUT2D eigenvalue weighted by molar-refractivity contribution is 5.99. The number of amides is 7. The Labute approximate surface area is 343 Å². The zero-order valence-corrected chi connectivity index (χ0v) is 33.7. The molecule has 0 radical (unpaired) electrons. The van der Waals surface area contributed by atoms with Gasteiger partial charge in [-0.25, -0.2) is 23.4 Å². The number of urea groups is 1. The topological polar surface area (TPSA) is 235 Å². The van der Waals surface area contributed by atoms with Gasteiger partial charge in [0, 0.05) is 38.3 Å². The fraction of sp³-hybridized carbons (Fsp3) is 0.500. The molecule has 0 aliphatic carbocycles. The maximum atomic E-state index is 14.6. The van der Waals surface area contributed by atoms with E-state index in [-0.39, 0.29) is 37.4 Å². The van der Waals surface area contributed by atoms with Gasteiger partial charge in [-0.1, -0.05) is 6.92 Å². The van der Waals surface area contributed by atoms with Crippen molar-refractivity contribution in [2.75, 3.05) is 25.5 Å². The molecular weight excluding hydrogens is 788 g/mol. The van der Waals surface area contributed by atoms with Crippen LogP contribution < -0.4 is 21.3 Å². The summed E-state index contributed by atoms with van der Waals surface area (Å²) >= 11 is 0. The van der Waals surface area contributed by atoms with Crippen molar-refractivity contribution >= 4 is 58.3 Å². The van der Waals surface area contributed by atoms with Gasteiger partial charge in [-0.2, -0.15) is 0 Å². The molecule has 3 aliphatic rings. The van der Waals surface area contributed by atoms with Gasteiger partial charge in [0.15, 0.2) is 0 Å². The molecule has 18 nitrogen and oxygen atoms in total. The Morgan fingerprint density at radius 1 is 0.983 bits per heavy atom. The van der Waals surface area contributed by atoms with Crippen LogP contribution in [0.4, 0.5) is 19.3 Å². The highest BCUT2D eigenvalue weighted by Crippen LogP contribution is 2.27. The van der Waals surface area contributed by atoms with Crippen LogP contribution in [0.15, 0.2) is 42.7 Å². The van der Waals surface area contributed by atoms with Crippen LogP contribution in [-0.4, -0.2) is 140 Å². The SMILES string of the molecule is C[C@@H]1C[C@H]2C(=O)O[C@@H](C)[C@H](NC(=O)[C@H](Cc3cc(F)cc(F)c3)NC(=O)Nc3ccc4nc[nH]c4c3)C(=O)N3CCC[C@H]3C(=O)N(C)[C@@H]([C@H](C)O)C(=O)N[C@@H](C)C(=O)N2C1. The molecule has 3 saturated heterocycles. The number of ether oxygens (including phenoxy) is 1. The molecule has 4 heterocycles. The number of hydrogen-bond donors (Lipinski definition) is 6. The summed E-state index contributed by atoms with van der Waals surface area (Å²) in [5, 5.41) is 21.0. The number of rotatable bonds is 7. The molecule has 6 N–H and O–H groups in total. The second-order valence-corrected chi connectivity index (χ2v) is 15.8. The number of carbonyl (C=O) groups excluding carboxylic acids is 7. The van der Waals surface area contributed by atoms with Crippen molar-refractivity contribution < 1.29 is 52.2 Å². The zero-order valence-electron chi connectivity index (χ0n) is 33.7. The van der Waals surface area contributed by atoms with Gasteiger partial charge in [0.05, 0.1) is 23.5 Å². The Morgan fingerprint density at radius 2 is 1.70 bits per heavy atom. The van der Waals surface area contributed by atoms with E-state index in [4.69, 9.17) is 4.74 Å². The van der Waals surface area contributed by atoms with Gasteiger partial charge in [0.25, 0.3) is 0 Å². The minimum atomic E-state index is -1.70. The molecule has 20 heteroatoms. The minimum absolute atomic E-state index is 0.0186. The normalized spacial score (nSPS) is 26.6. The summed E-state index contributed by atoms with van der Waals surface area (Å²) in [6, 6.07) is -1.76. The number of nitrogens with one attached hydrogen (secondary N) is 5. The number of aromatic amines is 1. The maximum absolute atomic E-state index is 14.6. The number of halogens is 2. The van der Waals surface area contributed by atoms with Gasteiger partial charge < -0.3 is 50.8 Å². The highest BCUT2D eigenvalue weighted by Gasteiger charge is 2.47. The number of anilines is 1. The van der Waals surface area contributed by atoms with Crippen LogP contribution in [0.5, 0.6) is 0 Å². The van der Waals surface area contributed by atoms with Crippen molar-refractivity contribution in [3.63, 3.8) is 0 Å². The van der Waals surface area contributed by atoms with Crippen molar-refractivity contribution in [2.45, 2.75) is 102 Å². The van der Waals surface area contributed by atoms with Gasteiger partial charge in [-0.15, -0.1) is 0 Å². The molecule has 3 fully saturated rings. The predicted octanol–water partition coefficient (Wildman–Crippen LogP) is 0.945. The third kappa shape index (κ3) is 9.48. The minimum Gasteiger partial charge on any atom is -0.458 e. The van der Waals surface area contributed by atoms with E-state index in [1.54, 1.807) is 18.2 Å². The van der Waals surface area contributed by atoms with E-state index in [0.29, 0.717) is 29.2 Å². The lowest BCUT2D eigenvalue weighted by atomic mass is 10.0. The van der Waals surface area contributed by atoms with Crippen molar-refractivity contribution in [1.82, 2.24) is 40.6 Å². The van der Waals surface area contributed by atoms with Crippen LogP contribution >= 0.6 is 0 Å². The number of aliphatic hydroxyl groups excluding tert-OH is 1. The number of imidazole rings is 1. The molecule has 0 unspecified atom stereocenters. The van der Waals surface area contributed by atoms with E-state index in [1.807, 2.05) is 6.92 Å². The van der Waals surface area contributed by atoms with E-state index >= 15 is 0 Å². The lowest BCUT2D eigenvalue weighted by molar-refractivity contribution is -0.163. The molecule has 322 valence electrons. The molecule has 3 aromatic rings. The smallest absolute Gasteiger partial charge is 0.329 e. The Hall–Kier alpha value is -6.18. The second kappa shape index (κ2) is 18.0. The predicted molar refractivity (Wildman–Crippen MR) is 209 cm³/mol. The molecule has 0 spiro atoms. The molecule has 2 aromatic carbocycles. The number of nitrogens with zero attached hydrogens (tertiary/aromatic N) is 4. The summed E-state index contributed by atoms with van der Waals surface area (Å²) in [4.78, 5) is 108. The highest BCUT2D eigenvalue weighted by atomic mass is 19.1. The number of aliphatic hydroxyl groups is 1. The van der Waals surface area contributed by atoms with Crippen molar-refractivity contribution in [1.29, 1.82) is 0 Å². The quantitative estimate of drug-likeness (QED) is 0.184. The van der Waals surface area contributed by atoms with Crippen LogP contribution in [0.3, 0.4) is 0 Å². The van der Waals surface area contributed by atoms with Gasteiger partial charge >= 0.3 is 12.0 Å². The van der Waals surface area contributed by atoms with Crippen molar-refractivity contribution in [3.05, 3.63) is 59.9 Å². The van der Waals surface area contributed by atoms with E-state index in [0.717, 1.165) is 17.0 Å². The Kier molecular flexibility index (Phi) is 13.0. The fourth-order valence-electron chi connectivity index (χ4n) is 8.15. The van der Waals surface area contributed by atoms with E-state index in [2.05, 4.69) is 31.2 Å². The van der Waals surface area contributed by atoms with Gasteiger partial charge in [-0.3, -0.25) is 24.0 Å². The molecule has 60 heavy (non-hydrogen) atoms. The summed E-state index contributed by atoms with van der Waals surface area (Å²) in [7, 11) is 1.29. The van der Waals surface area contributed by atoms with Gasteiger partial charge in [0.1, 0.15) is 54.0 Å². The number of likely N-dealkylation sites (N-methyl/N-ethyl adjacent to an activating group) is 1. The van der Waals surface area contributed by atoms with Crippen LogP contribution in [0.25, 0.3) is 11.0 Å². The molecule has 7 amide bonds. The van der Waals surface area contributed by atoms with E-state index in [9.17, 15) is 47.4 Å². The summed E-state index contributed by atoms with van der Waals surface area (Å²) < 4.78 is 34.6. The van der Waals surface area contributed by atoms with E-state index in [1.165, 1.54) is 43.9 Å². The van der Waals surface area contributed by atoms with Gasteiger partial charge in [0.2, 0.25) is 29.5 Å². The Balaban J connectivity index is 1.34. The number of H-pyrrole nitrogens is 1. The number of hydrogen-bond acceptors (Lipinski definition) is 10. The number of carbonyl (C=O) groups is 7. The lowest BCUT2D eigenvalue weighted by Crippen LogP contribution is -2.63. The number of benzene rings is 2. The third-order valence-electron chi connectivity index (χ3n) is 11.1. The van der Waals surface area contributed by atoms with Crippen molar-refractivity contribution in [2.24, 2.45) is 5.92 Å². The van der Waals surface area contributed by atoms with Crippen LogP contribution in [-0.2, 0) is 39.9 Å². The number of esters is 1. The van der Waals surface area contributed by atoms with Crippen LogP contribution in [0, 0.1) is 17.6 Å². The number of cyclic esters (lactones) is 1. The first-order valence-corrected chi connectivity index (χ1v) is 19.7. The summed E-state index contributed by atoms with van der Waals surface area (Å²) in [5.41, 5.74) is 1.51. The third-order valence-corrected chi connectivity index (χ3v) is 11.1. The molecular formula is C40H49F2N9O9. The largest absolute Gasteiger partial charge is 0.458 e. The second-order valence-electron chi connectivity index (χ2n) is 15.8. The Bertz CT molecular complexity index is 2150. The summed E-state index contributed by atoms with van der Waals surface area (Å²) in [6.07, 6.45) is -1.19. The lowest BCUT2D eigenvalue weighted by Gasteiger charge is -2.37. The van der Waals surface area contributed by atoms with Crippen LogP contribution in [0.2, 0.25) is 0 Å². The monoisotopic (exact) mass is 837 g/mol. The standard InChI is InChI=1S/C40H49F2N9O9/c1-19-11-31-39(58)60-22(4)32(38(57)50-10-6-7-30(50)37(56)49(5)33(21(3)52)35(54)45-20(2)36(55)51(31)17-19)48-34(53)29(14-23-12-24(41)15-25(42)13-23)47-40(59)46-26-8-9-27-28(16-26)44-18-43-27/h8-9,12-13,15-16,18-22,29-33,52H,6-7,10-11,14,17H2,1-5H3,(H,43,44)(H,45,54)(H,48,53)(H2,46,47,59)/t19-,20+,21+,22+,29+,30+,31+,32+,33+/m1/s1. The zero-order chi connectivity index (χ0) is 43.6. The molecule has 0 saturated carbocycles. The molecule has 1 aromatic heterocycles. The maximum Gasteiger partial charge on any atom is 0.329 e. The summed E-state index contributed by atoms with van der Waals surface area (Å²) in [6.45, 7) is 6.04. The van der Waals surface area contributed by atoms with E-state index < -0.39 is 108 Å². The Morgan fingerprint density at radius 3 is 2.40 bits per heavy atom. The molecule has 3 aliphatic heterocycles. The molecule has 0 bridgehead atoms.